The highest BCUT2D eigenvalue weighted by Gasteiger charge is 2.37. The van der Waals surface area contributed by atoms with Crippen LogP contribution in [0.3, 0.4) is 0 Å². The molecule has 6 heteroatoms. The molecular formula is C18H21N3O3. The number of hydrogen-bond acceptors (Lipinski definition) is 5. The van der Waals surface area contributed by atoms with Crippen molar-refractivity contribution in [3.63, 3.8) is 0 Å². The summed E-state index contributed by atoms with van der Waals surface area (Å²) in [5, 5.41) is 0. The fourth-order valence-electron chi connectivity index (χ4n) is 3.02. The zero-order valence-corrected chi connectivity index (χ0v) is 13.7. The summed E-state index contributed by atoms with van der Waals surface area (Å²) in [5.74, 6) is 1.07. The van der Waals surface area contributed by atoms with Crippen LogP contribution < -0.4 is 4.74 Å². The third-order valence-corrected chi connectivity index (χ3v) is 4.23. The van der Waals surface area contributed by atoms with Crippen molar-refractivity contribution in [3.8, 4) is 5.75 Å². The number of hydrogen-bond donors (Lipinski definition) is 0. The zero-order chi connectivity index (χ0) is 16.8. The normalized spacial score (nSPS) is 20.1. The number of pyridine rings is 2. The number of carbonyl (C=O) groups excluding carboxylic acids is 1. The highest BCUT2D eigenvalue weighted by Crippen LogP contribution is 2.32. The number of aromatic nitrogens is 2. The van der Waals surface area contributed by atoms with Crippen molar-refractivity contribution < 1.29 is 14.3 Å². The summed E-state index contributed by atoms with van der Waals surface area (Å²) >= 11 is 0. The van der Waals surface area contributed by atoms with E-state index in [9.17, 15) is 4.79 Å². The van der Waals surface area contributed by atoms with Gasteiger partial charge in [-0.1, -0.05) is 6.07 Å². The van der Waals surface area contributed by atoms with Crippen LogP contribution in [-0.2, 0) is 9.53 Å². The molecule has 1 aliphatic rings. The fraction of sp³-hybridized carbons (Fsp3) is 0.389. The maximum absolute atomic E-state index is 12.2. The summed E-state index contributed by atoms with van der Waals surface area (Å²) in [5.41, 5.74) is 0.991. The average molecular weight is 327 g/mol. The molecule has 0 radical (unpaired) electrons. The first-order chi connectivity index (χ1) is 11.8. The summed E-state index contributed by atoms with van der Waals surface area (Å²) in [6.45, 7) is 1.90. The topological polar surface area (TPSA) is 64.5 Å². The van der Waals surface area contributed by atoms with Crippen LogP contribution in [0.4, 0.5) is 0 Å². The Morgan fingerprint density at radius 3 is 2.88 bits per heavy atom. The quantitative estimate of drug-likeness (QED) is 0.809. The molecule has 2 aromatic heterocycles. The minimum atomic E-state index is 0.00214. The molecule has 0 saturated carbocycles. The number of amides is 1. The maximum atomic E-state index is 12.2. The monoisotopic (exact) mass is 327 g/mol. The van der Waals surface area contributed by atoms with Crippen molar-refractivity contribution in [1.29, 1.82) is 0 Å². The van der Waals surface area contributed by atoms with E-state index in [1.165, 1.54) is 7.11 Å². The molecule has 2 atom stereocenters. The van der Waals surface area contributed by atoms with Gasteiger partial charge < -0.3 is 14.4 Å². The van der Waals surface area contributed by atoms with Crippen LogP contribution in [0.15, 0.2) is 48.9 Å². The van der Waals surface area contributed by atoms with Crippen LogP contribution in [0, 0.1) is 5.92 Å². The second-order valence-electron chi connectivity index (χ2n) is 5.85. The standard InChI is InChI=1S/C18H21N3O3/c1-23-13-18(22)21-10-14(12-24-15-5-4-7-19-9-15)16(11-21)17-6-2-3-8-20-17/h2-9,14,16H,10-13H2,1H3/t14-,16+/m0/s1. The number of nitrogens with zero attached hydrogens (tertiary/aromatic N) is 3. The minimum Gasteiger partial charge on any atom is -0.492 e. The lowest BCUT2D eigenvalue weighted by Crippen LogP contribution is -2.32. The number of likely N-dealkylation sites (tertiary alicyclic amines) is 1. The predicted molar refractivity (Wildman–Crippen MR) is 88.7 cm³/mol. The molecule has 24 heavy (non-hydrogen) atoms. The van der Waals surface area contributed by atoms with Gasteiger partial charge in [0.05, 0.1) is 12.8 Å². The number of ether oxygens (including phenoxy) is 2. The van der Waals surface area contributed by atoms with Gasteiger partial charge in [0.1, 0.15) is 12.4 Å². The van der Waals surface area contributed by atoms with Gasteiger partial charge in [-0.25, -0.2) is 0 Å². The van der Waals surface area contributed by atoms with Gasteiger partial charge in [0.25, 0.3) is 0 Å². The lowest BCUT2D eigenvalue weighted by molar-refractivity contribution is -0.134. The Kier molecular flexibility index (Phi) is 5.38. The first kappa shape index (κ1) is 16.4. The van der Waals surface area contributed by atoms with E-state index in [4.69, 9.17) is 9.47 Å². The highest BCUT2D eigenvalue weighted by molar-refractivity contribution is 5.77. The second kappa shape index (κ2) is 7.88. The SMILES string of the molecule is COCC(=O)N1C[C@@H](COc2cccnc2)[C@H](c2ccccn2)C1. The van der Waals surface area contributed by atoms with Gasteiger partial charge in [-0.3, -0.25) is 14.8 Å². The third kappa shape index (κ3) is 3.89. The van der Waals surface area contributed by atoms with E-state index in [0.717, 1.165) is 11.4 Å². The molecule has 126 valence electrons. The van der Waals surface area contributed by atoms with Crippen LogP contribution in [-0.4, -0.2) is 54.2 Å². The Bertz CT molecular complexity index is 651. The van der Waals surface area contributed by atoms with Crippen LogP contribution in [0.5, 0.6) is 5.75 Å². The molecule has 3 heterocycles. The maximum Gasteiger partial charge on any atom is 0.248 e. The van der Waals surface area contributed by atoms with Gasteiger partial charge in [-0.15, -0.1) is 0 Å². The molecule has 0 spiro atoms. The number of rotatable bonds is 6. The Balaban J connectivity index is 1.71. The van der Waals surface area contributed by atoms with Crippen molar-refractivity contribution >= 4 is 5.91 Å². The Labute approximate surface area is 141 Å². The summed E-state index contributed by atoms with van der Waals surface area (Å²) in [4.78, 5) is 22.5. The summed E-state index contributed by atoms with van der Waals surface area (Å²) in [6, 6.07) is 9.60. The van der Waals surface area contributed by atoms with E-state index in [-0.39, 0.29) is 24.3 Å². The van der Waals surface area contributed by atoms with Crippen molar-refractivity contribution in [2.24, 2.45) is 5.92 Å². The first-order valence-electron chi connectivity index (χ1n) is 7.98. The molecule has 3 rings (SSSR count). The van der Waals surface area contributed by atoms with Gasteiger partial charge in [0.2, 0.25) is 5.91 Å². The van der Waals surface area contributed by atoms with Gasteiger partial charge in [0, 0.05) is 50.1 Å². The molecule has 0 aromatic carbocycles. The van der Waals surface area contributed by atoms with Crippen molar-refractivity contribution in [2.75, 3.05) is 33.4 Å². The minimum absolute atomic E-state index is 0.00214. The Hall–Kier alpha value is -2.47. The number of methoxy groups -OCH3 is 1. The molecule has 1 amide bonds. The van der Waals surface area contributed by atoms with Crippen molar-refractivity contribution in [2.45, 2.75) is 5.92 Å². The lowest BCUT2D eigenvalue weighted by atomic mass is 9.93. The largest absolute Gasteiger partial charge is 0.492 e. The van der Waals surface area contributed by atoms with E-state index in [2.05, 4.69) is 9.97 Å². The second-order valence-corrected chi connectivity index (χ2v) is 5.85. The zero-order valence-electron chi connectivity index (χ0n) is 13.7. The van der Waals surface area contributed by atoms with Gasteiger partial charge in [-0.2, -0.15) is 0 Å². The van der Waals surface area contributed by atoms with Crippen LogP contribution in [0.25, 0.3) is 0 Å². The fourth-order valence-corrected chi connectivity index (χ4v) is 3.02. The molecule has 1 aliphatic heterocycles. The van der Waals surface area contributed by atoms with Gasteiger partial charge in [-0.05, 0) is 24.3 Å². The van der Waals surface area contributed by atoms with Gasteiger partial charge in [0.15, 0.2) is 0 Å². The summed E-state index contributed by atoms with van der Waals surface area (Å²) in [6.07, 6.45) is 5.19. The van der Waals surface area contributed by atoms with E-state index < -0.39 is 0 Å². The van der Waals surface area contributed by atoms with E-state index in [1.54, 1.807) is 18.6 Å². The first-order valence-corrected chi connectivity index (χ1v) is 7.98. The predicted octanol–water partition coefficient (Wildman–Crippen LogP) is 1.74. The molecule has 2 aromatic rings. The van der Waals surface area contributed by atoms with Crippen LogP contribution in [0.2, 0.25) is 0 Å². The molecule has 1 fully saturated rings. The smallest absolute Gasteiger partial charge is 0.248 e. The lowest BCUT2D eigenvalue weighted by Gasteiger charge is -2.18. The molecule has 1 saturated heterocycles. The van der Waals surface area contributed by atoms with Crippen molar-refractivity contribution in [1.82, 2.24) is 14.9 Å². The van der Waals surface area contributed by atoms with E-state index >= 15 is 0 Å². The Morgan fingerprint density at radius 1 is 1.25 bits per heavy atom. The van der Waals surface area contributed by atoms with Crippen LogP contribution in [0.1, 0.15) is 11.6 Å². The Morgan fingerprint density at radius 2 is 2.17 bits per heavy atom. The van der Waals surface area contributed by atoms with E-state index in [1.807, 2.05) is 35.2 Å². The average Bonchev–Trinajstić information content (AvgIpc) is 3.06. The van der Waals surface area contributed by atoms with Crippen molar-refractivity contribution in [3.05, 3.63) is 54.6 Å². The molecule has 6 nitrogen and oxygen atoms in total. The molecular weight excluding hydrogens is 306 g/mol. The third-order valence-electron chi connectivity index (χ3n) is 4.23. The molecule has 0 N–H and O–H groups in total. The number of carbonyl (C=O) groups is 1. The summed E-state index contributed by atoms with van der Waals surface area (Å²) < 4.78 is 10.8. The molecule has 0 unspecified atom stereocenters. The van der Waals surface area contributed by atoms with E-state index in [0.29, 0.717) is 19.7 Å². The summed E-state index contributed by atoms with van der Waals surface area (Å²) in [7, 11) is 1.53. The van der Waals surface area contributed by atoms with Gasteiger partial charge >= 0.3 is 0 Å². The van der Waals surface area contributed by atoms with Crippen LogP contribution >= 0.6 is 0 Å². The molecule has 0 bridgehead atoms. The highest BCUT2D eigenvalue weighted by atomic mass is 16.5. The molecule has 0 aliphatic carbocycles.